The van der Waals surface area contributed by atoms with Crippen molar-refractivity contribution in [1.29, 1.82) is 0 Å². The lowest BCUT2D eigenvalue weighted by atomic mass is 9.96. The number of ether oxygens (including phenoxy) is 1. The smallest absolute Gasteiger partial charge is 0.315 e. The van der Waals surface area contributed by atoms with E-state index in [4.69, 9.17) is 4.74 Å². The molecule has 0 saturated heterocycles. The van der Waals surface area contributed by atoms with Crippen LogP contribution in [0.1, 0.15) is 37.4 Å². The van der Waals surface area contributed by atoms with Crippen LogP contribution in [-0.2, 0) is 11.2 Å². The third-order valence-electron chi connectivity index (χ3n) is 4.24. The second-order valence-electron chi connectivity index (χ2n) is 6.73. The number of carbonyl (C=O) groups is 1. The van der Waals surface area contributed by atoms with E-state index in [0.29, 0.717) is 25.7 Å². The molecule has 4 heteroatoms. The summed E-state index contributed by atoms with van der Waals surface area (Å²) in [5, 5.41) is 5.98. The third-order valence-corrected chi connectivity index (χ3v) is 4.24. The van der Waals surface area contributed by atoms with Gasteiger partial charge >= 0.3 is 6.03 Å². The quantitative estimate of drug-likeness (QED) is 0.624. The summed E-state index contributed by atoms with van der Waals surface area (Å²) in [5.74, 6) is 0.324. The Balaban J connectivity index is 1.59. The standard InChI is InChI=1S/C22H30N2O2/c1-18(2)21(20-12-7-4-8-13-20)24-22(25)23-15-9-16-26-17-14-19-10-5-3-6-11-19/h3-8,10-13,18,21H,9,14-17H2,1-2H3,(H2,23,24,25). The largest absolute Gasteiger partial charge is 0.381 e. The van der Waals surface area contributed by atoms with E-state index in [1.807, 2.05) is 48.5 Å². The lowest BCUT2D eigenvalue weighted by Crippen LogP contribution is -2.40. The maximum Gasteiger partial charge on any atom is 0.315 e. The summed E-state index contributed by atoms with van der Waals surface area (Å²) in [6, 6.07) is 20.3. The van der Waals surface area contributed by atoms with Crippen LogP contribution in [0.5, 0.6) is 0 Å². The number of benzene rings is 2. The topological polar surface area (TPSA) is 50.4 Å². The molecule has 2 aromatic rings. The molecule has 140 valence electrons. The van der Waals surface area contributed by atoms with Gasteiger partial charge in [-0.05, 0) is 29.9 Å². The lowest BCUT2D eigenvalue weighted by molar-refractivity contribution is 0.135. The molecule has 2 aromatic carbocycles. The number of hydrogen-bond acceptors (Lipinski definition) is 2. The predicted molar refractivity (Wildman–Crippen MR) is 106 cm³/mol. The second kappa shape index (κ2) is 11.3. The van der Waals surface area contributed by atoms with Crippen molar-refractivity contribution in [3.05, 3.63) is 71.8 Å². The van der Waals surface area contributed by atoms with Crippen LogP contribution in [0.3, 0.4) is 0 Å². The van der Waals surface area contributed by atoms with Crippen LogP contribution < -0.4 is 10.6 Å². The first kappa shape index (κ1) is 20.0. The molecule has 0 saturated carbocycles. The summed E-state index contributed by atoms with van der Waals surface area (Å²) in [6.07, 6.45) is 1.72. The van der Waals surface area contributed by atoms with Gasteiger partial charge in [-0.15, -0.1) is 0 Å². The molecule has 1 atom stereocenters. The van der Waals surface area contributed by atoms with Gasteiger partial charge in [0, 0.05) is 13.2 Å². The Morgan fingerprint density at radius 1 is 0.962 bits per heavy atom. The van der Waals surface area contributed by atoms with Gasteiger partial charge in [0.15, 0.2) is 0 Å². The summed E-state index contributed by atoms with van der Waals surface area (Å²) in [6.45, 7) is 6.19. The van der Waals surface area contributed by atoms with Gasteiger partial charge in [-0.3, -0.25) is 0 Å². The van der Waals surface area contributed by atoms with Crippen molar-refractivity contribution in [2.75, 3.05) is 19.8 Å². The molecular formula is C22H30N2O2. The molecule has 0 radical (unpaired) electrons. The van der Waals surface area contributed by atoms with E-state index in [1.54, 1.807) is 0 Å². The Morgan fingerprint density at radius 3 is 2.27 bits per heavy atom. The zero-order valence-electron chi connectivity index (χ0n) is 15.8. The van der Waals surface area contributed by atoms with E-state index in [-0.39, 0.29) is 12.1 Å². The molecular weight excluding hydrogens is 324 g/mol. The first-order valence-corrected chi connectivity index (χ1v) is 9.38. The molecule has 0 bridgehead atoms. The number of carbonyl (C=O) groups excluding carboxylic acids is 1. The average Bonchev–Trinajstić information content (AvgIpc) is 2.66. The zero-order chi connectivity index (χ0) is 18.6. The molecule has 0 heterocycles. The van der Waals surface area contributed by atoms with Crippen LogP contribution in [0.4, 0.5) is 4.79 Å². The van der Waals surface area contributed by atoms with Crippen LogP contribution in [0.15, 0.2) is 60.7 Å². The molecule has 4 nitrogen and oxygen atoms in total. The molecule has 0 aliphatic heterocycles. The SMILES string of the molecule is CC(C)C(NC(=O)NCCCOCCc1ccccc1)c1ccccc1. The van der Waals surface area contributed by atoms with Crippen molar-refractivity contribution in [2.24, 2.45) is 5.92 Å². The fraction of sp³-hybridized carbons (Fsp3) is 0.409. The molecule has 1 unspecified atom stereocenters. The van der Waals surface area contributed by atoms with E-state index in [2.05, 4.69) is 36.6 Å². The average molecular weight is 354 g/mol. The van der Waals surface area contributed by atoms with Gasteiger partial charge in [0.1, 0.15) is 0 Å². The molecule has 0 aliphatic rings. The minimum absolute atomic E-state index is 0.0123. The number of nitrogens with one attached hydrogen (secondary N) is 2. The minimum atomic E-state index is -0.128. The van der Waals surface area contributed by atoms with Gasteiger partial charge in [0.05, 0.1) is 12.6 Å². The van der Waals surface area contributed by atoms with Gasteiger partial charge < -0.3 is 15.4 Å². The number of amides is 2. The minimum Gasteiger partial charge on any atom is -0.381 e. The molecule has 2 amide bonds. The number of urea groups is 1. The summed E-state index contributed by atoms with van der Waals surface area (Å²) in [4.78, 5) is 12.1. The molecule has 0 spiro atoms. The lowest BCUT2D eigenvalue weighted by Gasteiger charge is -2.23. The van der Waals surface area contributed by atoms with E-state index >= 15 is 0 Å². The van der Waals surface area contributed by atoms with Crippen LogP contribution >= 0.6 is 0 Å². The highest BCUT2D eigenvalue weighted by atomic mass is 16.5. The molecule has 26 heavy (non-hydrogen) atoms. The summed E-state index contributed by atoms with van der Waals surface area (Å²) < 4.78 is 5.64. The number of hydrogen-bond donors (Lipinski definition) is 2. The first-order valence-electron chi connectivity index (χ1n) is 9.38. The third kappa shape index (κ3) is 7.28. The van der Waals surface area contributed by atoms with Crippen LogP contribution in [0.25, 0.3) is 0 Å². The molecule has 0 aromatic heterocycles. The first-order chi connectivity index (χ1) is 12.7. The van der Waals surface area contributed by atoms with Gasteiger partial charge in [0.2, 0.25) is 0 Å². The zero-order valence-corrected chi connectivity index (χ0v) is 15.8. The maximum atomic E-state index is 12.1. The van der Waals surface area contributed by atoms with E-state index < -0.39 is 0 Å². The van der Waals surface area contributed by atoms with E-state index in [1.165, 1.54) is 5.56 Å². The normalized spacial score (nSPS) is 12.0. The van der Waals surface area contributed by atoms with Crippen molar-refractivity contribution in [3.63, 3.8) is 0 Å². The van der Waals surface area contributed by atoms with Crippen molar-refractivity contribution in [3.8, 4) is 0 Å². The Morgan fingerprint density at radius 2 is 1.62 bits per heavy atom. The monoisotopic (exact) mass is 354 g/mol. The van der Waals surface area contributed by atoms with Crippen LogP contribution in [0, 0.1) is 5.92 Å². The van der Waals surface area contributed by atoms with Gasteiger partial charge in [-0.1, -0.05) is 74.5 Å². The van der Waals surface area contributed by atoms with Crippen molar-refractivity contribution in [2.45, 2.75) is 32.7 Å². The highest BCUT2D eigenvalue weighted by Crippen LogP contribution is 2.20. The van der Waals surface area contributed by atoms with Crippen LogP contribution in [0.2, 0.25) is 0 Å². The summed E-state index contributed by atoms with van der Waals surface area (Å²) in [5.41, 5.74) is 2.41. The summed E-state index contributed by atoms with van der Waals surface area (Å²) in [7, 11) is 0. The Labute approximate surface area is 157 Å². The van der Waals surface area contributed by atoms with Gasteiger partial charge in [-0.25, -0.2) is 4.79 Å². The van der Waals surface area contributed by atoms with Crippen molar-refractivity contribution in [1.82, 2.24) is 10.6 Å². The Hall–Kier alpha value is -2.33. The second-order valence-corrected chi connectivity index (χ2v) is 6.73. The van der Waals surface area contributed by atoms with Crippen molar-refractivity contribution >= 4 is 6.03 Å². The molecule has 2 rings (SSSR count). The molecule has 0 aliphatic carbocycles. The van der Waals surface area contributed by atoms with E-state index in [0.717, 1.165) is 18.4 Å². The number of rotatable bonds is 10. The van der Waals surface area contributed by atoms with E-state index in [9.17, 15) is 4.79 Å². The van der Waals surface area contributed by atoms with Crippen LogP contribution in [-0.4, -0.2) is 25.8 Å². The van der Waals surface area contributed by atoms with Gasteiger partial charge in [-0.2, -0.15) is 0 Å². The fourth-order valence-electron chi connectivity index (χ4n) is 2.80. The predicted octanol–water partition coefficient (Wildman–Crippen LogP) is 4.33. The highest BCUT2D eigenvalue weighted by molar-refractivity contribution is 5.74. The summed E-state index contributed by atoms with van der Waals surface area (Å²) >= 11 is 0. The Kier molecular flexibility index (Phi) is 8.70. The molecule has 2 N–H and O–H groups in total. The maximum absolute atomic E-state index is 12.1. The Bertz CT molecular complexity index is 629. The van der Waals surface area contributed by atoms with Gasteiger partial charge in [0.25, 0.3) is 0 Å². The molecule has 0 fully saturated rings. The van der Waals surface area contributed by atoms with Crippen molar-refractivity contribution < 1.29 is 9.53 Å². The fourth-order valence-corrected chi connectivity index (χ4v) is 2.80. The highest BCUT2D eigenvalue weighted by Gasteiger charge is 2.17.